The molecule has 0 fully saturated rings. The van der Waals surface area contributed by atoms with Crippen molar-refractivity contribution in [3.8, 4) is 5.75 Å². The Balaban J connectivity index is 2.51. The van der Waals surface area contributed by atoms with Crippen molar-refractivity contribution >= 4 is 23.4 Å². The SMILES string of the molecule is CCSCCCNC(=O)c1ccc(N)cc1OC. The van der Waals surface area contributed by atoms with Crippen LogP contribution in [0.2, 0.25) is 0 Å². The Bertz CT molecular complexity index is 397. The quantitative estimate of drug-likeness (QED) is 0.587. The fourth-order valence-electron chi connectivity index (χ4n) is 1.51. The van der Waals surface area contributed by atoms with Gasteiger partial charge in [-0.15, -0.1) is 0 Å². The summed E-state index contributed by atoms with van der Waals surface area (Å²) in [6.07, 6.45) is 0.974. The zero-order chi connectivity index (χ0) is 13.4. The van der Waals surface area contributed by atoms with E-state index in [1.165, 1.54) is 7.11 Å². The van der Waals surface area contributed by atoms with Gasteiger partial charge in [0.25, 0.3) is 5.91 Å². The first kappa shape index (κ1) is 14.7. The summed E-state index contributed by atoms with van der Waals surface area (Å²) in [6.45, 7) is 2.81. The van der Waals surface area contributed by atoms with E-state index >= 15 is 0 Å². The molecule has 100 valence electrons. The highest BCUT2D eigenvalue weighted by atomic mass is 32.2. The normalized spacial score (nSPS) is 10.1. The van der Waals surface area contributed by atoms with Crippen molar-refractivity contribution in [1.82, 2.24) is 5.32 Å². The zero-order valence-electron chi connectivity index (χ0n) is 10.9. The summed E-state index contributed by atoms with van der Waals surface area (Å²) < 4.78 is 5.15. The fourth-order valence-corrected chi connectivity index (χ4v) is 2.15. The molecule has 1 rings (SSSR count). The summed E-state index contributed by atoms with van der Waals surface area (Å²) in [5.41, 5.74) is 6.75. The van der Waals surface area contributed by atoms with Gasteiger partial charge in [-0.2, -0.15) is 11.8 Å². The van der Waals surface area contributed by atoms with Crippen LogP contribution in [0.4, 0.5) is 5.69 Å². The van der Waals surface area contributed by atoms with E-state index in [9.17, 15) is 4.79 Å². The first-order chi connectivity index (χ1) is 8.69. The first-order valence-corrected chi connectivity index (χ1v) is 7.14. The van der Waals surface area contributed by atoms with E-state index < -0.39 is 0 Å². The second-order valence-corrected chi connectivity index (χ2v) is 5.16. The van der Waals surface area contributed by atoms with Gasteiger partial charge in [0.2, 0.25) is 0 Å². The molecule has 0 aliphatic carbocycles. The number of amides is 1. The van der Waals surface area contributed by atoms with Crippen molar-refractivity contribution in [3.63, 3.8) is 0 Å². The minimum Gasteiger partial charge on any atom is -0.496 e. The highest BCUT2D eigenvalue weighted by Gasteiger charge is 2.11. The van der Waals surface area contributed by atoms with Crippen LogP contribution in [0.1, 0.15) is 23.7 Å². The van der Waals surface area contributed by atoms with Crippen LogP contribution in [-0.4, -0.2) is 31.1 Å². The van der Waals surface area contributed by atoms with Gasteiger partial charge in [-0.05, 0) is 30.1 Å². The molecule has 0 aliphatic heterocycles. The number of nitrogens with one attached hydrogen (secondary N) is 1. The number of carbonyl (C=O) groups excluding carboxylic acids is 1. The molecule has 0 spiro atoms. The van der Waals surface area contributed by atoms with E-state index in [0.29, 0.717) is 23.5 Å². The summed E-state index contributed by atoms with van der Waals surface area (Å²) in [4.78, 5) is 11.9. The van der Waals surface area contributed by atoms with Gasteiger partial charge in [0.05, 0.1) is 12.7 Å². The molecule has 5 heteroatoms. The molecule has 0 unspecified atom stereocenters. The number of hydrogen-bond donors (Lipinski definition) is 2. The average molecular weight is 268 g/mol. The topological polar surface area (TPSA) is 64.4 Å². The Hall–Kier alpha value is -1.36. The van der Waals surface area contributed by atoms with Gasteiger partial charge in [0.1, 0.15) is 5.75 Å². The van der Waals surface area contributed by atoms with E-state index in [-0.39, 0.29) is 5.91 Å². The van der Waals surface area contributed by atoms with E-state index in [1.54, 1.807) is 18.2 Å². The van der Waals surface area contributed by atoms with Crippen molar-refractivity contribution in [3.05, 3.63) is 23.8 Å². The molecule has 1 aromatic carbocycles. The monoisotopic (exact) mass is 268 g/mol. The molecule has 0 aromatic heterocycles. The third kappa shape index (κ3) is 4.49. The summed E-state index contributed by atoms with van der Waals surface area (Å²) >= 11 is 1.87. The highest BCUT2D eigenvalue weighted by Crippen LogP contribution is 2.21. The third-order valence-corrected chi connectivity index (χ3v) is 3.41. The number of carbonyl (C=O) groups is 1. The molecule has 18 heavy (non-hydrogen) atoms. The van der Waals surface area contributed by atoms with Crippen LogP contribution in [0.25, 0.3) is 0 Å². The number of ether oxygens (including phenoxy) is 1. The van der Waals surface area contributed by atoms with Crippen LogP contribution in [0, 0.1) is 0 Å². The van der Waals surface area contributed by atoms with Crippen molar-refractivity contribution in [2.75, 3.05) is 30.9 Å². The van der Waals surface area contributed by atoms with Gasteiger partial charge < -0.3 is 15.8 Å². The van der Waals surface area contributed by atoms with E-state index in [1.807, 2.05) is 11.8 Å². The maximum atomic E-state index is 11.9. The molecular weight excluding hydrogens is 248 g/mol. The molecule has 0 atom stereocenters. The van der Waals surface area contributed by atoms with Gasteiger partial charge in [-0.1, -0.05) is 6.92 Å². The highest BCUT2D eigenvalue weighted by molar-refractivity contribution is 7.99. The fraction of sp³-hybridized carbons (Fsp3) is 0.462. The second-order valence-electron chi connectivity index (χ2n) is 3.77. The predicted molar refractivity (Wildman–Crippen MR) is 77.4 cm³/mol. The lowest BCUT2D eigenvalue weighted by Gasteiger charge is -2.09. The van der Waals surface area contributed by atoms with Gasteiger partial charge in [-0.3, -0.25) is 4.79 Å². The van der Waals surface area contributed by atoms with Crippen molar-refractivity contribution < 1.29 is 9.53 Å². The Morgan fingerprint density at radius 1 is 1.50 bits per heavy atom. The van der Waals surface area contributed by atoms with E-state index in [2.05, 4.69) is 12.2 Å². The number of thioether (sulfide) groups is 1. The van der Waals surface area contributed by atoms with Crippen molar-refractivity contribution in [2.45, 2.75) is 13.3 Å². The summed E-state index contributed by atoms with van der Waals surface area (Å²) in [6, 6.07) is 5.04. The molecule has 4 nitrogen and oxygen atoms in total. The number of anilines is 1. The lowest BCUT2D eigenvalue weighted by molar-refractivity contribution is 0.0951. The Morgan fingerprint density at radius 3 is 2.94 bits per heavy atom. The summed E-state index contributed by atoms with van der Waals surface area (Å²) in [5.74, 6) is 2.57. The van der Waals surface area contributed by atoms with Crippen LogP contribution >= 0.6 is 11.8 Å². The largest absolute Gasteiger partial charge is 0.496 e. The number of rotatable bonds is 7. The molecule has 0 aliphatic rings. The maximum Gasteiger partial charge on any atom is 0.255 e. The molecule has 0 saturated heterocycles. The number of benzene rings is 1. The predicted octanol–water partition coefficient (Wildman–Crippen LogP) is 2.15. The van der Waals surface area contributed by atoms with Crippen molar-refractivity contribution in [1.29, 1.82) is 0 Å². The molecule has 3 N–H and O–H groups in total. The molecule has 1 amide bonds. The minimum absolute atomic E-state index is 0.117. The number of hydrogen-bond acceptors (Lipinski definition) is 4. The Kier molecular flexibility index (Phi) is 6.43. The molecule has 0 heterocycles. The Labute approximate surface area is 112 Å². The van der Waals surface area contributed by atoms with Crippen molar-refractivity contribution in [2.24, 2.45) is 0 Å². The molecule has 0 saturated carbocycles. The summed E-state index contributed by atoms with van der Waals surface area (Å²) in [5, 5.41) is 2.88. The van der Waals surface area contributed by atoms with Crippen LogP contribution in [0.5, 0.6) is 5.75 Å². The lowest BCUT2D eigenvalue weighted by Crippen LogP contribution is -2.25. The van der Waals surface area contributed by atoms with Crippen LogP contribution in [-0.2, 0) is 0 Å². The van der Waals surface area contributed by atoms with E-state index in [4.69, 9.17) is 10.5 Å². The van der Waals surface area contributed by atoms with Gasteiger partial charge in [0.15, 0.2) is 0 Å². The third-order valence-electron chi connectivity index (χ3n) is 2.43. The molecule has 0 bridgehead atoms. The number of nitrogen functional groups attached to an aromatic ring is 1. The Morgan fingerprint density at radius 2 is 2.28 bits per heavy atom. The molecule has 1 aromatic rings. The lowest BCUT2D eigenvalue weighted by atomic mass is 10.1. The number of nitrogens with two attached hydrogens (primary N) is 1. The zero-order valence-corrected chi connectivity index (χ0v) is 11.7. The van der Waals surface area contributed by atoms with Crippen LogP contribution in [0.3, 0.4) is 0 Å². The minimum atomic E-state index is -0.117. The molecular formula is C13H20N2O2S. The van der Waals surface area contributed by atoms with Crippen LogP contribution in [0.15, 0.2) is 18.2 Å². The van der Waals surface area contributed by atoms with Crippen LogP contribution < -0.4 is 15.8 Å². The smallest absolute Gasteiger partial charge is 0.255 e. The second kappa shape index (κ2) is 7.87. The maximum absolute atomic E-state index is 11.9. The standard InChI is InChI=1S/C13H20N2O2S/c1-3-18-8-4-7-15-13(16)11-6-5-10(14)9-12(11)17-2/h5-6,9H,3-4,7-8,14H2,1-2H3,(H,15,16). The van der Waals surface area contributed by atoms with Gasteiger partial charge >= 0.3 is 0 Å². The number of methoxy groups -OCH3 is 1. The van der Waals surface area contributed by atoms with E-state index in [0.717, 1.165) is 17.9 Å². The average Bonchev–Trinajstić information content (AvgIpc) is 2.38. The molecule has 0 radical (unpaired) electrons. The first-order valence-electron chi connectivity index (χ1n) is 5.98. The summed E-state index contributed by atoms with van der Waals surface area (Å²) in [7, 11) is 1.53. The van der Waals surface area contributed by atoms with Gasteiger partial charge in [-0.25, -0.2) is 0 Å². The van der Waals surface area contributed by atoms with Gasteiger partial charge in [0, 0.05) is 18.3 Å².